The number of amides is 1. The lowest BCUT2D eigenvalue weighted by molar-refractivity contribution is -0.120. The zero-order valence-corrected chi connectivity index (χ0v) is 22.6. The van der Waals surface area contributed by atoms with E-state index < -0.39 is 23.8 Å². The number of carbonyl (C=O) groups is 1. The molecule has 0 aromatic heterocycles. The Balaban J connectivity index is 1.64. The van der Waals surface area contributed by atoms with Gasteiger partial charge in [-0.3, -0.25) is 4.79 Å². The van der Waals surface area contributed by atoms with Crippen molar-refractivity contribution in [1.29, 1.82) is 0 Å². The van der Waals surface area contributed by atoms with Gasteiger partial charge >= 0.3 is 0 Å². The van der Waals surface area contributed by atoms with Crippen LogP contribution in [0.5, 0.6) is 11.5 Å². The molecular formula is C29H34F2N2O4S. The van der Waals surface area contributed by atoms with Crippen molar-refractivity contribution in [3.05, 3.63) is 89.0 Å². The van der Waals surface area contributed by atoms with Gasteiger partial charge in [-0.1, -0.05) is 31.2 Å². The molecule has 0 fully saturated rings. The lowest BCUT2D eigenvalue weighted by Crippen LogP contribution is -2.49. The average molecular weight is 545 g/mol. The van der Waals surface area contributed by atoms with Crippen molar-refractivity contribution in [2.45, 2.75) is 43.4 Å². The summed E-state index contributed by atoms with van der Waals surface area (Å²) >= 11 is 1.30. The van der Waals surface area contributed by atoms with Gasteiger partial charge in [0.15, 0.2) is 11.5 Å². The molecule has 9 heteroatoms. The van der Waals surface area contributed by atoms with Crippen molar-refractivity contribution in [2.75, 3.05) is 26.5 Å². The van der Waals surface area contributed by atoms with Gasteiger partial charge < -0.3 is 25.2 Å². The second-order valence-corrected chi connectivity index (χ2v) is 9.88. The molecule has 3 aromatic carbocycles. The van der Waals surface area contributed by atoms with E-state index in [-0.39, 0.29) is 24.6 Å². The summed E-state index contributed by atoms with van der Waals surface area (Å²) in [5.41, 5.74) is 2.64. The molecule has 38 heavy (non-hydrogen) atoms. The zero-order chi connectivity index (χ0) is 27.5. The molecule has 0 aliphatic rings. The molecule has 0 aliphatic carbocycles. The number of hydrogen-bond donors (Lipinski definition) is 3. The minimum atomic E-state index is -0.995. The maximum Gasteiger partial charge on any atom is 0.230 e. The summed E-state index contributed by atoms with van der Waals surface area (Å²) in [5.74, 6) is -0.528. The lowest BCUT2D eigenvalue weighted by atomic mass is 10.0. The van der Waals surface area contributed by atoms with Gasteiger partial charge in [0.2, 0.25) is 5.91 Å². The number of hydrogen-bond acceptors (Lipinski definition) is 6. The second kappa shape index (κ2) is 14.7. The van der Waals surface area contributed by atoms with Crippen molar-refractivity contribution in [1.82, 2.24) is 10.6 Å². The topological polar surface area (TPSA) is 79.8 Å². The zero-order valence-electron chi connectivity index (χ0n) is 21.8. The normalized spacial score (nSPS) is 12.6. The van der Waals surface area contributed by atoms with Crippen LogP contribution in [-0.4, -0.2) is 49.7 Å². The molecule has 3 N–H and O–H groups in total. The van der Waals surface area contributed by atoms with Crippen LogP contribution in [0.25, 0.3) is 0 Å². The van der Waals surface area contributed by atoms with Crippen molar-refractivity contribution < 1.29 is 28.2 Å². The fraction of sp³-hybridized carbons (Fsp3) is 0.345. The Morgan fingerprint density at radius 3 is 2.34 bits per heavy atom. The van der Waals surface area contributed by atoms with E-state index in [4.69, 9.17) is 9.47 Å². The van der Waals surface area contributed by atoms with Gasteiger partial charge in [-0.2, -0.15) is 0 Å². The Morgan fingerprint density at radius 2 is 1.66 bits per heavy atom. The first-order valence-electron chi connectivity index (χ1n) is 12.4. The molecule has 0 unspecified atom stereocenters. The largest absolute Gasteiger partial charge is 0.493 e. The smallest absolute Gasteiger partial charge is 0.230 e. The molecule has 0 bridgehead atoms. The third kappa shape index (κ3) is 9.01. The van der Waals surface area contributed by atoms with E-state index in [9.17, 15) is 18.7 Å². The number of thioether (sulfide) groups is 1. The standard InChI is InChI=1S/C29H34F2N2O4S/c1-4-19-6-5-7-20(10-19)16-32-17-26(34)25(13-21-11-22(30)14-23(31)12-21)33-29(35)18-38-24-8-9-27(36-2)28(15-24)37-3/h5-12,14-15,25-26,32,34H,4,13,16-18H2,1-3H3,(H,33,35)/t25-,26+/m1/s1. The SMILES string of the molecule is CCc1cccc(CNC[C@H](O)[C@@H](Cc2cc(F)cc(F)c2)NC(=O)CSc2ccc(OC)c(OC)c2)c1. The first kappa shape index (κ1) is 29.4. The number of aliphatic hydroxyl groups is 1. The van der Waals surface area contributed by atoms with Crippen molar-refractivity contribution in [2.24, 2.45) is 0 Å². The monoisotopic (exact) mass is 544 g/mol. The molecule has 204 valence electrons. The molecule has 6 nitrogen and oxygen atoms in total. The van der Waals surface area contributed by atoms with Crippen LogP contribution < -0.4 is 20.1 Å². The summed E-state index contributed by atoms with van der Waals surface area (Å²) in [6.07, 6.45) is -0.00294. The average Bonchev–Trinajstić information content (AvgIpc) is 2.90. The number of nitrogens with one attached hydrogen (secondary N) is 2. The van der Waals surface area contributed by atoms with Crippen LogP contribution in [0.15, 0.2) is 65.6 Å². The predicted octanol–water partition coefficient (Wildman–Crippen LogP) is 4.51. The van der Waals surface area contributed by atoms with Crippen LogP contribution in [0.1, 0.15) is 23.6 Å². The van der Waals surface area contributed by atoms with Crippen LogP contribution in [0.4, 0.5) is 8.78 Å². The van der Waals surface area contributed by atoms with Gasteiger partial charge in [0.1, 0.15) is 11.6 Å². The summed E-state index contributed by atoms with van der Waals surface area (Å²) < 4.78 is 38.1. The van der Waals surface area contributed by atoms with Gasteiger partial charge in [-0.05, 0) is 59.9 Å². The highest BCUT2D eigenvalue weighted by atomic mass is 32.2. The van der Waals surface area contributed by atoms with Crippen LogP contribution in [0, 0.1) is 11.6 Å². The van der Waals surface area contributed by atoms with E-state index in [0.717, 1.165) is 22.9 Å². The molecule has 3 rings (SSSR count). The Labute approximate surface area is 226 Å². The molecule has 0 radical (unpaired) electrons. The Bertz CT molecular complexity index is 1190. The van der Waals surface area contributed by atoms with E-state index in [1.54, 1.807) is 19.2 Å². The van der Waals surface area contributed by atoms with Gasteiger partial charge in [0.25, 0.3) is 0 Å². The third-order valence-corrected chi connectivity index (χ3v) is 6.99. The summed E-state index contributed by atoms with van der Waals surface area (Å²) in [5, 5.41) is 17.0. The number of ether oxygens (including phenoxy) is 2. The van der Waals surface area contributed by atoms with Gasteiger partial charge in [0.05, 0.1) is 32.1 Å². The molecule has 2 atom stereocenters. The fourth-order valence-electron chi connectivity index (χ4n) is 4.04. The molecule has 0 saturated carbocycles. The molecule has 0 spiro atoms. The Kier molecular flexibility index (Phi) is 11.4. The van der Waals surface area contributed by atoms with E-state index in [1.807, 2.05) is 18.2 Å². The van der Waals surface area contributed by atoms with Gasteiger partial charge in [-0.15, -0.1) is 11.8 Å². The van der Waals surface area contributed by atoms with Crippen LogP contribution in [0.2, 0.25) is 0 Å². The third-order valence-electron chi connectivity index (χ3n) is 6.00. The van der Waals surface area contributed by atoms with Crippen molar-refractivity contribution >= 4 is 17.7 Å². The Morgan fingerprint density at radius 1 is 0.947 bits per heavy atom. The Hall–Kier alpha value is -3.14. The fourth-order valence-corrected chi connectivity index (χ4v) is 4.77. The summed E-state index contributed by atoms with van der Waals surface area (Å²) in [7, 11) is 3.08. The quantitative estimate of drug-likeness (QED) is 0.259. The first-order chi connectivity index (χ1) is 18.3. The van der Waals surface area contributed by atoms with Crippen LogP contribution in [0.3, 0.4) is 0 Å². The summed E-state index contributed by atoms with van der Waals surface area (Å²) in [6.45, 7) is 2.81. The number of aryl methyl sites for hydroxylation is 1. The summed E-state index contributed by atoms with van der Waals surface area (Å²) in [6, 6.07) is 15.9. The first-order valence-corrected chi connectivity index (χ1v) is 13.4. The van der Waals surface area contributed by atoms with Crippen molar-refractivity contribution in [3.63, 3.8) is 0 Å². The van der Waals surface area contributed by atoms with Gasteiger partial charge in [-0.25, -0.2) is 8.78 Å². The number of carbonyl (C=O) groups excluding carboxylic acids is 1. The number of halogens is 2. The van der Waals surface area contributed by atoms with Gasteiger partial charge in [0, 0.05) is 24.1 Å². The maximum absolute atomic E-state index is 13.8. The van der Waals surface area contributed by atoms with Crippen molar-refractivity contribution in [3.8, 4) is 11.5 Å². The lowest BCUT2D eigenvalue weighted by Gasteiger charge is -2.25. The number of benzene rings is 3. The molecule has 0 heterocycles. The van der Waals surface area contributed by atoms with Crippen LogP contribution >= 0.6 is 11.8 Å². The van der Waals surface area contributed by atoms with E-state index in [0.29, 0.717) is 23.6 Å². The minimum absolute atomic E-state index is 0.0651. The highest BCUT2D eigenvalue weighted by Crippen LogP contribution is 2.31. The molecular weight excluding hydrogens is 510 g/mol. The number of methoxy groups -OCH3 is 2. The van der Waals surface area contributed by atoms with E-state index in [2.05, 4.69) is 29.7 Å². The molecule has 3 aromatic rings. The number of aliphatic hydroxyl groups excluding tert-OH is 1. The summed E-state index contributed by atoms with van der Waals surface area (Å²) in [4.78, 5) is 13.6. The van der Waals surface area contributed by atoms with Crippen LogP contribution in [-0.2, 0) is 24.2 Å². The highest BCUT2D eigenvalue weighted by molar-refractivity contribution is 8.00. The highest BCUT2D eigenvalue weighted by Gasteiger charge is 2.22. The maximum atomic E-state index is 13.8. The molecule has 0 saturated heterocycles. The molecule has 1 amide bonds. The minimum Gasteiger partial charge on any atom is -0.493 e. The second-order valence-electron chi connectivity index (χ2n) is 8.83. The van der Waals surface area contributed by atoms with E-state index >= 15 is 0 Å². The van der Waals surface area contributed by atoms with E-state index in [1.165, 1.54) is 36.6 Å². The molecule has 0 aliphatic heterocycles. The number of rotatable bonds is 14. The predicted molar refractivity (Wildman–Crippen MR) is 146 cm³/mol.